The number of halogens is 1. The van der Waals surface area contributed by atoms with Gasteiger partial charge in [-0.2, -0.15) is 0 Å². The average molecular weight is 413 g/mol. The molecule has 1 heterocycles. The van der Waals surface area contributed by atoms with E-state index in [0.29, 0.717) is 44.2 Å². The fourth-order valence-electron chi connectivity index (χ4n) is 2.60. The van der Waals surface area contributed by atoms with Gasteiger partial charge in [-0.1, -0.05) is 0 Å². The maximum Gasteiger partial charge on any atom is 0.355 e. The number of nitrogens with one attached hydrogen (secondary N) is 1. The Kier molecular flexibility index (Phi) is 6.33. The molecule has 25 heavy (non-hydrogen) atoms. The Labute approximate surface area is 154 Å². The van der Waals surface area contributed by atoms with Crippen molar-refractivity contribution in [2.24, 2.45) is 5.73 Å². The number of carbonyl (C=O) groups excluding carboxylic acids is 1. The number of nitrogens with two attached hydrogens (primary N) is 1. The molecule has 1 aromatic heterocycles. The van der Waals surface area contributed by atoms with Crippen LogP contribution in [0.1, 0.15) is 23.1 Å². The van der Waals surface area contributed by atoms with Crippen LogP contribution in [0.2, 0.25) is 0 Å². The van der Waals surface area contributed by atoms with Gasteiger partial charge in [0.05, 0.1) is 32.4 Å². The normalized spacial score (nSPS) is 10.5. The summed E-state index contributed by atoms with van der Waals surface area (Å²) in [6.45, 7) is 2.22. The van der Waals surface area contributed by atoms with Gasteiger partial charge >= 0.3 is 5.97 Å². The van der Waals surface area contributed by atoms with E-state index in [1.165, 1.54) is 14.2 Å². The van der Waals surface area contributed by atoms with Crippen molar-refractivity contribution in [1.29, 1.82) is 0 Å². The fraction of sp³-hybridized carbons (Fsp3) is 0.353. The van der Waals surface area contributed by atoms with Crippen LogP contribution in [0.25, 0.3) is 11.1 Å². The zero-order valence-electron chi connectivity index (χ0n) is 14.6. The molecule has 1 aromatic carbocycles. The summed E-state index contributed by atoms with van der Waals surface area (Å²) in [6.07, 6.45) is 0. The minimum atomic E-state index is -0.463. The van der Waals surface area contributed by atoms with Crippen LogP contribution in [0.15, 0.2) is 16.6 Å². The van der Waals surface area contributed by atoms with Crippen LogP contribution in [0, 0.1) is 0 Å². The Bertz CT molecular complexity index is 773. The van der Waals surface area contributed by atoms with Gasteiger partial charge in [-0.15, -0.1) is 0 Å². The van der Waals surface area contributed by atoms with E-state index in [9.17, 15) is 4.79 Å². The van der Waals surface area contributed by atoms with Crippen molar-refractivity contribution in [1.82, 2.24) is 4.98 Å². The third-order valence-electron chi connectivity index (χ3n) is 3.67. The highest BCUT2D eigenvalue weighted by atomic mass is 79.9. The number of rotatable bonds is 7. The van der Waals surface area contributed by atoms with E-state index in [1.807, 2.05) is 6.07 Å². The van der Waals surface area contributed by atoms with Crippen molar-refractivity contribution in [3.63, 3.8) is 0 Å². The van der Waals surface area contributed by atoms with E-state index in [4.69, 9.17) is 24.7 Å². The van der Waals surface area contributed by atoms with Crippen molar-refractivity contribution in [3.05, 3.63) is 28.0 Å². The van der Waals surface area contributed by atoms with Crippen LogP contribution in [-0.2, 0) is 11.3 Å². The Morgan fingerprint density at radius 1 is 1.16 bits per heavy atom. The number of hydrogen-bond donors (Lipinski definition) is 2. The first kappa shape index (κ1) is 19.1. The number of H-pyrrole nitrogens is 1. The van der Waals surface area contributed by atoms with Crippen molar-refractivity contribution in [2.75, 3.05) is 27.9 Å². The number of esters is 1. The molecule has 0 bridgehead atoms. The predicted octanol–water partition coefficient (Wildman–Crippen LogP) is 3.11. The molecule has 0 unspecified atom stereocenters. The number of methoxy groups -OCH3 is 3. The molecule has 3 N–H and O–H groups in total. The first-order chi connectivity index (χ1) is 12.0. The predicted molar refractivity (Wildman–Crippen MR) is 97.4 cm³/mol. The molecule has 0 saturated heterocycles. The summed E-state index contributed by atoms with van der Waals surface area (Å²) in [5.74, 6) is 1.01. The Morgan fingerprint density at radius 2 is 1.84 bits per heavy atom. The first-order valence-electron chi connectivity index (χ1n) is 7.60. The minimum Gasteiger partial charge on any atom is -0.493 e. The zero-order chi connectivity index (χ0) is 18.6. The Hall–Kier alpha value is -2.19. The van der Waals surface area contributed by atoms with Crippen LogP contribution in [-0.4, -0.2) is 38.9 Å². The SMILES string of the molecule is CCOC(=O)c1[nH]c(CN)c(-c2ccc(OC)c(OC)c2OC)c1Br. The van der Waals surface area contributed by atoms with Crippen LogP contribution in [0.3, 0.4) is 0 Å². The summed E-state index contributed by atoms with van der Waals surface area (Å²) < 4.78 is 21.9. The monoisotopic (exact) mass is 412 g/mol. The lowest BCUT2D eigenvalue weighted by Crippen LogP contribution is -2.06. The van der Waals surface area contributed by atoms with Gasteiger partial charge in [0, 0.05) is 23.4 Å². The summed E-state index contributed by atoms with van der Waals surface area (Å²) in [4.78, 5) is 15.2. The van der Waals surface area contributed by atoms with Gasteiger partial charge in [-0.05, 0) is 35.0 Å². The number of ether oxygens (including phenoxy) is 4. The Morgan fingerprint density at radius 3 is 2.36 bits per heavy atom. The number of aromatic nitrogens is 1. The lowest BCUT2D eigenvalue weighted by Gasteiger charge is -2.16. The highest BCUT2D eigenvalue weighted by Crippen LogP contribution is 2.47. The average Bonchev–Trinajstić information content (AvgIpc) is 2.96. The van der Waals surface area contributed by atoms with E-state index in [0.717, 1.165) is 0 Å². The number of aromatic amines is 1. The van der Waals surface area contributed by atoms with Crippen molar-refractivity contribution < 1.29 is 23.7 Å². The number of carbonyl (C=O) groups is 1. The topological polar surface area (TPSA) is 95.8 Å². The molecule has 0 radical (unpaired) electrons. The van der Waals surface area contributed by atoms with Crippen molar-refractivity contribution >= 4 is 21.9 Å². The van der Waals surface area contributed by atoms with E-state index >= 15 is 0 Å². The highest BCUT2D eigenvalue weighted by Gasteiger charge is 2.26. The quantitative estimate of drug-likeness (QED) is 0.678. The van der Waals surface area contributed by atoms with Gasteiger partial charge in [0.1, 0.15) is 5.69 Å². The third kappa shape index (κ3) is 3.45. The van der Waals surface area contributed by atoms with Crippen LogP contribution in [0.4, 0.5) is 0 Å². The Balaban J connectivity index is 2.72. The van der Waals surface area contributed by atoms with Gasteiger partial charge < -0.3 is 29.7 Å². The molecule has 0 saturated carbocycles. The molecule has 7 nitrogen and oxygen atoms in total. The van der Waals surface area contributed by atoms with Gasteiger partial charge in [0.25, 0.3) is 0 Å². The van der Waals surface area contributed by atoms with E-state index in [-0.39, 0.29) is 13.2 Å². The molecule has 8 heteroatoms. The molecule has 136 valence electrons. The molecule has 0 atom stereocenters. The van der Waals surface area contributed by atoms with E-state index < -0.39 is 5.97 Å². The van der Waals surface area contributed by atoms with Crippen molar-refractivity contribution in [3.8, 4) is 28.4 Å². The number of benzene rings is 1. The van der Waals surface area contributed by atoms with Crippen LogP contribution < -0.4 is 19.9 Å². The second kappa shape index (κ2) is 8.26. The molecule has 0 spiro atoms. The molecule has 0 amide bonds. The molecule has 2 rings (SSSR count). The lowest BCUT2D eigenvalue weighted by atomic mass is 10.0. The zero-order valence-corrected chi connectivity index (χ0v) is 16.2. The lowest BCUT2D eigenvalue weighted by molar-refractivity contribution is 0.0519. The molecule has 0 fully saturated rings. The highest BCUT2D eigenvalue weighted by molar-refractivity contribution is 9.10. The first-order valence-corrected chi connectivity index (χ1v) is 8.40. The smallest absolute Gasteiger partial charge is 0.355 e. The van der Waals surface area contributed by atoms with E-state index in [2.05, 4.69) is 20.9 Å². The summed E-state index contributed by atoms with van der Waals surface area (Å²) in [6, 6.07) is 3.59. The second-order valence-electron chi connectivity index (χ2n) is 4.97. The maximum atomic E-state index is 12.2. The van der Waals surface area contributed by atoms with Gasteiger partial charge in [-0.3, -0.25) is 0 Å². The molecule has 2 aromatic rings. The molecular formula is C17H21BrN2O5. The summed E-state index contributed by atoms with van der Waals surface area (Å²) in [5.41, 5.74) is 8.25. The minimum absolute atomic E-state index is 0.199. The summed E-state index contributed by atoms with van der Waals surface area (Å²) in [5, 5.41) is 0. The number of hydrogen-bond acceptors (Lipinski definition) is 6. The largest absolute Gasteiger partial charge is 0.493 e. The van der Waals surface area contributed by atoms with Gasteiger partial charge in [-0.25, -0.2) is 4.79 Å². The molecule has 0 aliphatic rings. The molecular weight excluding hydrogens is 392 g/mol. The van der Waals surface area contributed by atoms with Crippen LogP contribution in [0.5, 0.6) is 17.2 Å². The van der Waals surface area contributed by atoms with Crippen molar-refractivity contribution in [2.45, 2.75) is 13.5 Å². The third-order valence-corrected chi connectivity index (χ3v) is 4.47. The van der Waals surface area contributed by atoms with Gasteiger partial charge in [0.15, 0.2) is 11.5 Å². The molecule has 0 aliphatic carbocycles. The van der Waals surface area contributed by atoms with Crippen LogP contribution >= 0.6 is 15.9 Å². The van der Waals surface area contributed by atoms with E-state index in [1.54, 1.807) is 20.1 Å². The summed E-state index contributed by atoms with van der Waals surface area (Å²) in [7, 11) is 4.62. The molecule has 0 aliphatic heterocycles. The standard InChI is InChI=1S/C17H21BrN2O5/c1-5-25-17(21)14-13(18)12(10(8-19)20-14)9-6-7-11(22-2)16(24-4)15(9)23-3/h6-7,20H,5,8,19H2,1-4H3. The fourth-order valence-corrected chi connectivity index (χ4v) is 3.32. The summed E-state index contributed by atoms with van der Waals surface area (Å²) >= 11 is 3.48. The second-order valence-corrected chi connectivity index (χ2v) is 5.77. The van der Waals surface area contributed by atoms with Gasteiger partial charge in [0.2, 0.25) is 5.75 Å². The maximum absolute atomic E-state index is 12.2.